The minimum Gasteiger partial charge on any atom is -0.350 e. The first kappa shape index (κ1) is 20.8. The molecule has 0 bridgehead atoms. The Balaban J connectivity index is 2.73. The molecule has 1 unspecified atom stereocenters. The number of nitrogens with one attached hydrogen (secondary N) is 2. The summed E-state index contributed by atoms with van der Waals surface area (Å²) in [6, 6.07) is 4.97. The summed E-state index contributed by atoms with van der Waals surface area (Å²) >= 11 is 0. The smallest absolute Gasteiger partial charge is 0.350 e. The normalized spacial score (nSPS) is 14.7. The van der Waals surface area contributed by atoms with Gasteiger partial charge in [-0.15, -0.1) is 0 Å². The van der Waals surface area contributed by atoms with Crippen LogP contribution in [0.1, 0.15) is 18.1 Å². The average Bonchev–Trinajstić information content (AvgIpc) is 2.56. The molecule has 27 heavy (non-hydrogen) atoms. The Morgan fingerprint density at radius 1 is 1.07 bits per heavy atom. The third-order valence-corrected chi connectivity index (χ3v) is 3.95. The van der Waals surface area contributed by atoms with Crippen LogP contribution in [-0.4, -0.2) is 29.7 Å². The van der Waals surface area contributed by atoms with Crippen LogP contribution in [0, 0.1) is 6.92 Å². The number of halogens is 6. The number of aryl methyl sites for hydroxylation is 1. The summed E-state index contributed by atoms with van der Waals surface area (Å²) in [5.74, 6) is -11.1. The maximum Gasteiger partial charge on any atom is 0.455 e. The lowest BCUT2D eigenvalue weighted by Gasteiger charge is -2.31. The Labute approximate surface area is 150 Å². The molecule has 2 aromatic carbocycles. The van der Waals surface area contributed by atoms with E-state index in [-0.39, 0.29) is 23.2 Å². The molecule has 0 saturated carbocycles. The molecule has 0 aliphatic carbocycles. The van der Waals surface area contributed by atoms with Crippen LogP contribution < -0.4 is 10.6 Å². The van der Waals surface area contributed by atoms with Gasteiger partial charge in [0.25, 0.3) is 0 Å². The third kappa shape index (κ3) is 3.53. The van der Waals surface area contributed by atoms with E-state index in [1.807, 2.05) is 0 Å². The van der Waals surface area contributed by atoms with Crippen molar-refractivity contribution in [1.82, 2.24) is 5.32 Å². The summed E-state index contributed by atoms with van der Waals surface area (Å²) in [4.78, 5) is 11.8. The van der Waals surface area contributed by atoms with Crippen molar-refractivity contribution in [3.63, 3.8) is 0 Å². The summed E-state index contributed by atoms with van der Waals surface area (Å²) in [6.07, 6.45) is -6.22. The molecule has 10 heteroatoms. The number of urea groups is 1. The van der Waals surface area contributed by atoms with Gasteiger partial charge >= 0.3 is 24.0 Å². The molecule has 1 atom stereocenters. The fourth-order valence-corrected chi connectivity index (χ4v) is 2.62. The number of alkyl halides is 6. The molecular formula is C17H16F6N2O2. The van der Waals surface area contributed by atoms with Crippen LogP contribution >= 0.6 is 0 Å². The number of anilines is 1. The Kier molecular flexibility index (Phi) is 5.33. The van der Waals surface area contributed by atoms with Crippen molar-refractivity contribution < 1.29 is 36.2 Å². The van der Waals surface area contributed by atoms with Crippen LogP contribution in [0.2, 0.25) is 0 Å². The number of rotatable bonds is 4. The molecule has 0 radical (unpaired) electrons. The first-order chi connectivity index (χ1) is 12.3. The van der Waals surface area contributed by atoms with Gasteiger partial charge in [0.15, 0.2) is 0 Å². The van der Waals surface area contributed by atoms with E-state index >= 15 is 0 Å². The number of aliphatic hydroxyl groups is 1. The van der Waals surface area contributed by atoms with Crippen molar-refractivity contribution in [2.75, 3.05) is 11.9 Å². The molecule has 4 nitrogen and oxygen atoms in total. The van der Waals surface area contributed by atoms with Crippen LogP contribution in [0.4, 0.5) is 36.8 Å². The number of benzene rings is 2. The molecule has 0 saturated heterocycles. The minimum absolute atomic E-state index is 0.0311. The predicted molar refractivity (Wildman–Crippen MR) is 87.4 cm³/mol. The maximum absolute atomic E-state index is 14.4. The van der Waals surface area contributed by atoms with Crippen LogP contribution in [0.3, 0.4) is 0 Å². The van der Waals surface area contributed by atoms with E-state index in [4.69, 9.17) is 5.11 Å². The second-order valence-electron chi connectivity index (χ2n) is 5.84. The van der Waals surface area contributed by atoms with Crippen molar-refractivity contribution in [2.24, 2.45) is 0 Å². The zero-order valence-electron chi connectivity index (χ0n) is 14.2. The summed E-state index contributed by atoms with van der Waals surface area (Å²) in [6.45, 7) is 3.19. The van der Waals surface area contributed by atoms with E-state index in [1.165, 1.54) is 25.1 Å². The molecule has 0 aliphatic rings. The highest BCUT2D eigenvalue weighted by molar-refractivity contribution is 6.04. The Morgan fingerprint density at radius 3 is 2.15 bits per heavy atom. The van der Waals surface area contributed by atoms with Gasteiger partial charge in [-0.25, -0.2) is 4.79 Å². The second-order valence-corrected chi connectivity index (χ2v) is 5.84. The molecule has 0 aliphatic heterocycles. The Bertz CT molecular complexity index is 864. The third-order valence-electron chi connectivity index (χ3n) is 3.95. The highest BCUT2D eigenvalue weighted by atomic mass is 19.4. The predicted octanol–water partition coefficient (Wildman–Crippen LogP) is 4.60. The van der Waals surface area contributed by atoms with E-state index in [1.54, 1.807) is 6.92 Å². The topological polar surface area (TPSA) is 61.4 Å². The molecule has 2 aromatic rings. The summed E-state index contributed by atoms with van der Waals surface area (Å²) in [5, 5.41) is 13.3. The number of amides is 2. The number of carbonyl (C=O) groups is 1. The van der Waals surface area contributed by atoms with Gasteiger partial charge in [0.1, 0.15) is 0 Å². The summed E-state index contributed by atoms with van der Waals surface area (Å²) < 4.78 is 80.6. The van der Waals surface area contributed by atoms with Crippen LogP contribution in [0.15, 0.2) is 30.3 Å². The molecular weight excluding hydrogens is 378 g/mol. The molecule has 0 aromatic heterocycles. The van der Waals surface area contributed by atoms with Gasteiger partial charge < -0.3 is 15.7 Å². The zero-order chi connectivity index (χ0) is 20.6. The van der Waals surface area contributed by atoms with Gasteiger partial charge in [-0.05, 0) is 30.9 Å². The monoisotopic (exact) mass is 394 g/mol. The van der Waals surface area contributed by atoms with Crippen LogP contribution in [0.5, 0.6) is 0 Å². The summed E-state index contributed by atoms with van der Waals surface area (Å²) in [7, 11) is 0. The first-order valence-corrected chi connectivity index (χ1v) is 7.78. The molecule has 2 amide bonds. The quantitative estimate of drug-likeness (QED) is 0.664. The van der Waals surface area contributed by atoms with Crippen LogP contribution in [0.25, 0.3) is 10.8 Å². The molecule has 0 spiro atoms. The molecule has 148 valence electrons. The van der Waals surface area contributed by atoms with Gasteiger partial charge in [-0.1, -0.05) is 24.3 Å². The van der Waals surface area contributed by atoms with Crippen molar-refractivity contribution in [1.29, 1.82) is 0 Å². The summed E-state index contributed by atoms with van der Waals surface area (Å²) in [5.41, 5.74) is -1.31. The van der Waals surface area contributed by atoms with E-state index < -0.39 is 34.9 Å². The molecule has 0 fully saturated rings. The van der Waals surface area contributed by atoms with Gasteiger partial charge in [-0.2, -0.15) is 26.3 Å². The Hall–Kier alpha value is -2.49. The average molecular weight is 394 g/mol. The number of fused-ring (bicyclic) bond motifs is 1. The van der Waals surface area contributed by atoms with E-state index in [0.29, 0.717) is 6.07 Å². The number of hydrogen-bond donors (Lipinski definition) is 3. The lowest BCUT2D eigenvalue weighted by atomic mass is 9.91. The molecule has 0 heterocycles. The minimum atomic E-state index is -6.22. The SMILES string of the molecule is CCNC(=O)Nc1c(C)cc(C(F)(F)C(O)(F)C(F)(F)F)c2ccccc12. The Morgan fingerprint density at radius 2 is 1.63 bits per heavy atom. The van der Waals surface area contributed by atoms with E-state index in [9.17, 15) is 31.1 Å². The van der Waals surface area contributed by atoms with E-state index in [2.05, 4.69) is 10.6 Å². The van der Waals surface area contributed by atoms with Gasteiger partial charge in [-0.3, -0.25) is 0 Å². The fraction of sp³-hybridized carbons (Fsp3) is 0.353. The molecule has 3 N–H and O–H groups in total. The lowest BCUT2D eigenvalue weighted by Crippen LogP contribution is -2.53. The second kappa shape index (κ2) is 6.91. The van der Waals surface area contributed by atoms with Crippen LogP contribution in [-0.2, 0) is 5.92 Å². The largest absolute Gasteiger partial charge is 0.455 e. The highest BCUT2D eigenvalue weighted by Gasteiger charge is 2.71. The van der Waals surface area contributed by atoms with Crippen molar-refractivity contribution >= 4 is 22.5 Å². The standard InChI is InChI=1S/C17H16F6N2O2/c1-3-24-14(26)25-13-9(2)8-12(10-6-4-5-7-11(10)13)15(18,19)16(20,27)17(21,22)23/h4-8,27H,3H2,1-2H3,(H2,24,25,26). The van der Waals surface area contributed by atoms with Crippen molar-refractivity contribution in [3.05, 3.63) is 41.5 Å². The molecule has 2 rings (SSSR count). The number of carbonyl (C=O) groups excluding carboxylic acids is 1. The van der Waals surface area contributed by atoms with Gasteiger partial charge in [0.05, 0.1) is 5.69 Å². The van der Waals surface area contributed by atoms with Gasteiger partial charge in [0.2, 0.25) is 0 Å². The first-order valence-electron chi connectivity index (χ1n) is 7.78. The van der Waals surface area contributed by atoms with Crippen molar-refractivity contribution in [2.45, 2.75) is 31.8 Å². The maximum atomic E-state index is 14.4. The fourth-order valence-electron chi connectivity index (χ4n) is 2.62. The van der Waals surface area contributed by atoms with Gasteiger partial charge in [0, 0.05) is 17.5 Å². The van der Waals surface area contributed by atoms with E-state index in [0.717, 1.165) is 6.07 Å². The number of hydrogen-bond acceptors (Lipinski definition) is 2. The lowest BCUT2D eigenvalue weighted by molar-refractivity contribution is -0.390. The van der Waals surface area contributed by atoms with Crippen molar-refractivity contribution in [3.8, 4) is 0 Å². The highest BCUT2D eigenvalue weighted by Crippen LogP contribution is 2.51. The zero-order valence-corrected chi connectivity index (χ0v) is 14.2.